The molecule has 1 aromatic rings. The zero-order valence-corrected chi connectivity index (χ0v) is 8.07. The lowest BCUT2D eigenvalue weighted by atomic mass is 10.3. The molecule has 1 saturated heterocycles. The fourth-order valence-corrected chi connectivity index (χ4v) is 1.23. The minimum Gasteiger partial charge on any atom is -0.472 e. The summed E-state index contributed by atoms with van der Waals surface area (Å²) in [4.78, 5) is 0. The van der Waals surface area contributed by atoms with Crippen molar-refractivity contribution in [2.75, 3.05) is 26.4 Å². The van der Waals surface area contributed by atoms with Gasteiger partial charge in [0.1, 0.15) is 6.10 Å². The molecule has 1 fully saturated rings. The summed E-state index contributed by atoms with van der Waals surface area (Å²) >= 11 is 0. The van der Waals surface area contributed by atoms with Crippen molar-refractivity contribution < 1.29 is 13.9 Å². The van der Waals surface area contributed by atoms with E-state index in [0.717, 1.165) is 38.5 Å². The largest absolute Gasteiger partial charge is 0.472 e. The SMILES string of the molecule is c1cc(CNCCOC2COC2)co1. The Bertz CT molecular complexity index is 244. The second-order valence-electron chi connectivity index (χ2n) is 3.34. The van der Waals surface area contributed by atoms with Gasteiger partial charge in [-0.2, -0.15) is 0 Å². The van der Waals surface area contributed by atoms with Crippen molar-refractivity contribution in [1.29, 1.82) is 0 Å². The van der Waals surface area contributed by atoms with Gasteiger partial charge in [0.05, 0.1) is 32.3 Å². The van der Waals surface area contributed by atoms with Crippen LogP contribution >= 0.6 is 0 Å². The number of nitrogens with one attached hydrogen (secondary N) is 1. The van der Waals surface area contributed by atoms with E-state index in [9.17, 15) is 0 Å². The summed E-state index contributed by atoms with van der Waals surface area (Å²) in [5.41, 5.74) is 1.16. The van der Waals surface area contributed by atoms with Gasteiger partial charge in [-0.25, -0.2) is 0 Å². The van der Waals surface area contributed by atoms with Gasteiger partial charge in [-0.15, -0.1) is 0 Å². The second-order valence-corrected chi connectivity index (χ2v) is 3.34. The third-order valence-electron chi connectivity index (χ3n) is 2.15. The number of rotatable bonds is 6. The third kappa shape index (κ3) is 2.83. The van der Waals surface area contributed by atoms with Crippen molar-refractivity contribution in [3.63, 3.8) is 0 Å². The summed E-state index contributed by atoms with van der Waals surface area (Å²) in [6.07, 6.45) is 3.75. The van der Waals surface area contributed by atoms with Crippen molar-refractivity contribution >= 4 is 0 Å². The normalized spacial score (nSPS) is 16.9. The molecular formula is C10H15NO3. The van der Waals surface area contributed by atoms with Crippen molar-refractivity contribution in [3.8, 4) is 0 Å². The molecule has 0 bridgehead atoms. The van der Waals surface area contributed by atoms with E-state index in [1.807, 2.05) is 6.07 Å². The van der Waals surface area contributed by atoms with Gasteiger partial charge in [-0.05, 0) is 6.07 Å². The highest BCUT2D eigenvalue weighted by atomic mass is 16.6. The molecule has 0 amide bonds. The van der Waals surface area contributed by atoms with E-state index in [1.54, 1.807) is 12.5 Å². The van der Waals surface area contributed by atoms with Crippen LogP contribution < -0.4 is 5.32 Å². The highest BCUT2D eigenvalue weighted by Crippen LogP contribution is 2.04. The zero-order chi connectivity index (χ0) is 9.64. The molecule has 4 heteroatoms. The van der Waals surface area contributed by atoms with Crippen LogP contribution in [0, 0.1) is 0 Å². The Labute approximate surface area is 83.2 Å². The van der Waals surface area contributed by atoms with Gasteiger partial charge in [0, 0.05) is 18.7 Å². The minimum atomic E-state index is 0.325. The molecule has 2 rings (SSSR count). The first-order valence-electron chi connectivity index (χ1n) is 4.86. The third-order valence-corrected chi connectivity index (χ3v) is 2.15. The maximum atomic E-state index is 5.49. The van der Waals surface area contributed by atoms with Gasteiger partial charge in [-0.3, -0.25) is 0 Å². The van der Waals surface area contributed by atoms with E-state index in [4.69, 9.17) is 13.9 Å². The van der Waals surface area contributed by atoms with Gasteiger partial charge >= 0.3 is 0 Å². The van der Waals surface area contributed by atoms with Crippen LogP contribution in [0.25, 0.3) is 0 Å². The van der Waals surface area contributed by atoms with E-state index in [1.165, 1.54) is 0 Å². The van der Waals surface area contributed by atoms with E-state index in [-0.39, 0.29) is 0 Å². The first-order valence-corrected chi connectivity index (χ1v) is 4.86. The lowest BCUT2D eigenvalue weighted by Crippen LogP contribution is -2.37. The molecule has 0 aromatic carbocycles. The Morgan fingerprint density at radius 2 is 2.43 bits per heavy atom. The zero-order valence-electron chi connectivity index (χ0n) is 8.07. The van der Waals surface area contributed by atoms with Crippen LogP contribution in [0.1, 0.15) is 5.56 Å². The van der Waals surface area contributed by atoms with Gasteiger partial charge in [-0.1, -0.05) is 0 Å². The molecule has 0 radical (unpaired) electrons. The summed E-state index contributed by atoms with van der Waals surface area (Å²) in [6.45, 7) is 3.94. The topological polar surface area (TPSA) is 43.6 Å². The van der Waals surface area contributed by atoms with Crippen LogP contribution in [-0.4, -0.2) is 32.5 Å². The molecule has 0 aliphatic carbocycles. The molecule has 1 aliphatic heterocycles. The van der Waals surface area contributed by atoms with Gasteiger partial charge < -0.3 is 19.2 Å². The van der Waals surface area contributed by atoms with Crippen molar-refractivity contribution in [2.45, 2.75) is 12.6 Å². The Kier molecular flexibility index (Phi) is 3.57. The maximum Gasteiger partial charge on any atom is 0.104 e. The summed E-state index contributed by atoms with van der Waals surface area (Å²) in [5, 5.41) is 3.27. The van der Waals surface area contributed by atoms with E-state index in [2.05, 4.69) is 5.32 Å². The maximum absolute atomic E-state index is 5.49. The van der Waals surface area contributed by atoms with Crippen LogP contribution in [0.2, 0.25) is 0 Å². The Morgan fingerprint density at radius 1 is 1.50 bits per heavy atom. The molecule has 2 heterocycles. The fourth-order valence-electron chi connectivity index (χ4n) is 1.23. The molecule has 14 heavy (non-hydrogen) atoms. The first-order chi connectivity index (χ1) is 6.95. The molecule has 0 atom stereocenters. The van der Waals surface area contributed by atoms with Gasteiger partial charge in [0.15, 0.2) is 0 Å². The van der Waals surface area contributed by atoms with E-state index in [0.29, 0.717) is 6.10 Å². The second kappa shape index (κ2) is 5.14. The number of hydrogen-bond acceptors (Lipinski definition) is 4. The molecule has 0 unspecified atom stereocenters. The molecule has 4 nitrogen and oxygen atoms in total. The van der Waals surface area contributed by atoms with Gasteiger partial charge in [0.25, 0.3) is 0 Å². The first kappa shape index (κ1) is 9.71. The predicted molar refractivity (Wildman–Crippen MR) is 51.0 cm³/mol. The van der Waals surface area contributed by atoms with Crippen LogP contribution in [-0.2, 0) is 16.0 Å². The summed E-state index contributed by atoms with van der Waals surface area (Å²) in [7, 11) is 0. The van der Waals surface area contributed by atoms with Crippen LogP contribution in [0.5, 0.6) is 0 Å². The average Bonchev–Trinajstić information content (AvgIpc) is 2.60. The Balaban J connectivity index is 1.47. The lowest BCUT2D eigenvalue weighted by Gasteiger charge is -2.25. The quantitative estimate of drug-likeness (QED) is 0.684. The van der Waals surface area contributed by atoms with E-state index >= 15 is 0 Å². The highest BCUT2D eigenvalue weighted by Gasteiger charge is 2.17. The summed E-state index contributed by atoms with van der Waals surface area (Å²) in [5.74, 6) is 0. The molecule has 0 saturated carbocycles. The average molecular weight is 197 g/mol. The number of hydrogen-bond donors (Lipinski definition) is 1. The van der Waals surface area contributed by atoms with Crippen molar-refractivity contribution in [1.82, 2.24) is 5.32 Å². The van der Waals surface area contributed by atoms with Crippen LogP contribution in [0.3, 0.4) is 0 Å². The number of ether oxygens (including phenoxy) is 2. The van der Waals surface area contributed by atoms with Crippen LogP contribution in [0.4, 0.5) is 0 Å². The molecule has 0 spiro atoms. The monoisotopic (exact) mass is 197 g/mol. The van der Waals surface area contributed by atoms with E-state index < -0.39 is 0 Å². The molecule has 1 aromatic heterocycles. The summed E-state index contributed by atoms with van der Waals surface area (Å²) in [6, 6.07) is 1.95. The fraction of sp³-hybridized carbons (Fsp3) is 0.600. The standard InChI is InChI=1S/C10H15NO3/c1-3-12-6-9(1)5-11-2-4-14-10-7-13-8-10/h1,3,6,10-11H,2,4-5,7-8H2. The Hall–Kier alpha value is -0.840. The van der Waals surface area contributed by atoms with Gasteiger partial charge in [0.2, 0.25) is 0 Å². The molecule has 1 N–H and O–H groups in total. The Morgan fingerprint density at radius 3 is 3.07 bits per heavy atom. The lowest BCUT2D eigenvalue weighted by molar-refractivity contribution is -0.128. The highest BCUT2D eigenvalue weighted by molar-refractivity contribution is 5.04. The smallest absolute Gasteiger partial charge is 0.104 e. The van der Waals surface area contributed by atoms with Crippen LogP contribution in [0.15, 0.2) is 23.0 Å². The summed E-state index contributed by atoms with van der Waals surface area (Å²) < 4.78 is 15.4. The van der Waals surface area contributed by atoms with Crippen molar-refractivity contribution in [2.24, 2.45) is 0 Å². The molecule has 78 valence electrons. The number of furan rings is 1. The molecular weight excluding hydrogens is 182 g/mol. The van der Waals surface area contributed by atoms with Crippen molar-refractivity contribution in [3.05, 3.63) is 24.2 Å². The predicted octanol–water partition coefficient (Wildman–Crippen LogP) is 0.785. The minimum absolute atomic E-state index is 0.325. The molecule has 1 aliphatic rings.